The Balaban J connectivity index is 3.52. The molecule has 0 aliphatic carbocycles. The summed E-state index contributed by atoms with van der Waals surface area (Å²) < 4.78 is 0. The number of hydrogen-bond acceptors (Lipinski definition) is 3. The van der Waals surface area contributed by atoms with Crippen molar-refractivity contribution in [2.75, 3.05) is 6.61 Å². The number of aliphatic hydroxyl groups excluding tert-OH is 2. The van der Waals surface area contributed by atoms with E-state index in [0.29, 0.717) is 12.8 Å². The van der Waals surface area contributed by atoms with Crippen LogP contribution in [0, 0.1) is 0 Å². The summed E-state index contributed by atoms with van der Waals surface area (Å²) in [6, 6.07) is -0.530. The number of rotatable bonds is 32. The molecule has 238 valence electrons. The van der Waals surface area contributed by atoms with Gasteiger partial charge >= 0.3 is 0 Å². The second-order valence-electron chi connectivity index (χ2n) is 12.3. The lowest BCUT2D eigenvalue weighted by Crippen LogP contribution is -2.45. The van der Waals surface area contributed by atoms with E-state index in [0.717, 1.165) is 25.7 Å². The van der Waals surface area contributed by atoms with Crippen LogP contribution in [0.1, 0.15) is 194 Å². The Morgan fingerprint density at radius 2 is 0.950 bits per heavy atom. The van der Waals surface area contributed by atoms with Crippen LogP contribution in [0.5, 0.6) is 0 Å². The molecule has 0 saturated heterocycles. The molecule has 4 nitrogen and oxygen atoms in total. The predicted molar refractivity (Wildman–Crippen MR) is 175 cm³/mol. The maximum Gasteiger partial charge on any atom is 0.220 e. The molecule has 2 unspecified atom stereocenters. The number of hydrogen-bond donors (Lipinski definition) is 3. The normalized spacial score (nSPS) is 13.2. The Morgan fingerprint density at radius 3 is 1.38 bits per heavy atom. The molecule has 0 radical (unpaired) electrons. The summed E-state index contributed by atoms with van der Waals surface area (Å²) >= 11 is 0. The summed E-state index contributed by atoms with van der Waals surface area (Å²) in [4.78, 5) is 12.3. The first-order valence-corrected chi connectivity index (χ1v) is 17.9. The van der Waals surface area contributed by atoms with Gasteiger partial charge in [-0.2, -0.15) is 0 Å². The Morgan fingerprint density at radius 1 is 0.575 bits per heavy atom. The summed E-state index contributed by atoms with van der Waals surface area (Å²) in [6.07, 6.45) is 38.4. The summed E-state index contributed by atoms with van der Waals surface area (Å²) in [6.45, 7) is 4.33. The number of amides is 1. The number of aliphatic hydroxyl groups is 2. The first-order chi connectivity index (χ1) is 19.7. The van der Waals surface area contributed by atoms with Crippen molar-refractivity contribution in [1.82, 2.24) is 5.32 Å². The number of nitrogens with one attached hydrogen (secondary N) is 1. The molecule has 0 bridgehead atoms. The van der Waals surface area contributed by atoms with E-state index >= 15 is 0 Å². The van der Waals surface area contributed by atoms with Crippen molar-refractivity contribution in [3.8, 4) is 0 Å². The molecule has 0 aliphatic rings. The highest BCUT2D eigenvalue weighted by molar-refractivity contribution is 5.76. The highest BCUT2D eigenvalue weighted by Crippen LogP contribution is 2.14. The van der Waals surface area contributed by atoms with Crippen LogP contribution in [-0.4, -0.2) is 34.9 Å². The second-order valence-corrected chi connectivity index (χ2v) is 12.3. The summed E-state index contributed by atoms with van der Waals surface area (Å²) in [5, 5.41) is 22.9. The van der Waals surface area contributed by atoms with Crippen LogP contribution in [0.25, 0.3) is 0 Å². The standard InChI is InChI=1S/C36H71NO3/c1-3-5-7-9-11-13-14-15-16-17-18-19-20-21-22-24-26-28-30-32-36(40)37-34(33-38)35(39)31-29-27-25-23-12-10-8-6-4-2/h15-16,34-35,38-39H,3-14,17-33H2,1-2H3,(H,37,40)/b16-15-. The van der Waals surface area contributed by atoms with E-state index in [1.807, 2.05) is 0 Å². The predicted octanol–water partition coefficient (Wildman–Crippen LogP) is 10.3. The Hall–Kier alpha value is -0.870. The summed E-state index contributed by atoms with van der Waals surface area (Å²) in [7, 11) is 0. The molecule has 0 spiro atoms. The van der Waals surface area contributed by atoms with Gasteiger partial charge in [-0.3, -0.25) is 4.79 Å². The topological polar surface area (TPSA) is 69.6 Å². The number of allylic oxidation sites excluding steroid dienone is 2. The van der Waals surface area contributed by atoms with Gasteiger partial charge in [0.2, 0.25) is 5.91 Å². The number of unbranched alkanes of at least 4 members (excludes halogenated alkanes) is 23. The molecular weight excluding hydrogens is 494 g/mol. The lowest BCUT2D eigenvalue weighted by Gasteiger charge is -2.22. The van der Waals surface area contributed by atoms with Crippen molar-refractivity contribution in [2.24, 2.45) is 0 Å². The van der Waals surface area contributed by atoms with Crippen molar-refractivity contribution in [3.63, 3.8) is 0 Å². The van der Waals surface area contributed by atoms with Crippen molar-refractivity contribution in [1.29, 1.82) is 0 Å². The largest absolute Gasteiger partial charge is 0.394 e. The first-order valence-electron chi connectivity index (χ1n) is 17.9. The molecule has 0 aromatic heterocycles. The number of carbonyl (C=O) groups excluding carboxylic acids is 1. The molecule has 0 aliphatic heterocycles. The fourth-order valence-electron chi connectivity index (χ4n) is 5.47. The minimum absolute atomic E-state index is 0.0359. The lowest BCUT2D eigenvalue weighted by molar-refractivity contribution is -0.123. The van der Waals surface area contributed by atoms with Crippen LogP contribution in [0.15, 0.2) is 12.2 Å². The molecule has 40 heavy (non-hydrogen) atoms. The molecule has 1 amide bonds. The van der Waals surface area contributed by atoms with Gasteiger partial charge in [-0.1, -0.05) is 161 Å². The molecule has 0 aromatic carbocycles. The maximum atomic E-state index is 12.3. The zero-order valence-corrected chi connectivity index (χ0v) is 27.1. The van der Waals surface area contributed by atoms with E-state index in [9.17, 15) is 15.0 Å². The van der Waals surface area contributed by atoms with E-state index < -0.39 is 12.1 Å². The Labute approximate surface area is 250 Å². The van der Waals surface area contributed by atoms with Gasteiger partial charge < -0.3 is 15.5 Å². The van der Waals surface area contributed by atoms with Gasteiger partial charge in [0.15, 0.2) is 0 Å². The van der Waals surface area contributed by atoms with E-state index in [2.05, 4.69) is 31.3 Å². The smallest absolute Gasteiger partial charge is 0.220 e. The average Bonchev–Trinajstić information content (AvgIpc) is 2.96. The van der Waals surface area contributed by atoms with Gasteiger partial charge in [-0.25, -0.2) is 0 Å². The number of carbonyl (C=O) groups is 1. The van der Waals surface area contributed by atoms with Crippen LogP contribution in [-0.2, 0) is 4.79 Å². The zero-order valence-electron chi connectivity index (χ0n) is 27.1. The molecule has 0 rings (SSSR count). The second kappa shape index (κ2) is 32.6. The molecule has 4 heteroatoms. The van der Waals surface area contributed by atoms with Crippen LogP contribution in [0.4, 0.5) is 0 Å². The molecule has 0 fully saturated rings. The van der Waals surface area contributed by atoms with E-state index in [-0.39, 0.29) is 12.5 Å². The van der Waals surface area contributed by atoms with E-state index in [1.165, 1.54) is 141 Å². The zero-order chi connectivity index (χ0) is 29.4. The van der Waals surface area contributed by atoms with Gasteiger partial charge in [-0.05, 0) is 38.5 Å². The van der Waals surface area contributed by atoms with Crippen LogP contribution >= 0.6 is 0 Å². The van der Waals surface area contributed by atoms with Crippen molar-refractivity contribution in [2.45, 2.75) is 206 Å². The minimum atomic E-state index is -0.653. The monoisotopic (exact) mass is 566 g/mol. The van der Waals surface area contributed by atoms with Crippen LogP contribution < -0.4 is 5.32 Å². The van der Waals surface area contributed by atoms with E-state index in [1.54, 1.807) is 0 Å². The molecular formula is C36H71NO3. The minimum Gasteiger partial charge on any atom is -0.394 e. The molecule has 3 N–H and O–H groups in total. The highest BCUT2D eigenvalue weighted by Gasteiger charge is 2.19. The Bertz CT molecular complexity index is 536. The summed E-state index contributed by atoms with van der Waals surface area (Å²) in [5.41, 5.74) is 0. The fourth-order valence-corrected chi connectivity index (χ4v) is 5.47. The van der Waals surface area contributed by atoms with Crippen molar-refractivity contribution in [3.05, 3.63) is 12.2 Å². The van der Waals surface area contributed by atoms with Crippen LogP contribution in [0.2, 0.25) is 0 Å². The quantitative estimate of drug-likeness (QED) is 0.0561. The molecule has 0 heterocycles. The lowest BCUT2D eigenvalue weighted by atomic mass is 10.0. The van der Waals surface area contributed by atoms with Gasteiger partial charge in [0, 0.05) is 6.42 Å². The third-order valence-electron chi connectivity index (χ3n) is 8.28. The third-order valence-corrected chi connectivity index (χ3v) is 8.28. The Kier molecular flexibility index (Phi) is 31.9. The molecule has 0 aromatic rings. The van der Waals surface area contributed by atoms with Gasteiger partial charge in [0.05, 0.1) is 18.8 Å². The SMILES string of the molecule is CCCCCCCC/C=C\CCCCCCCCCCCC(=O)NC(CO)C(O)CCCCCCCCCCC. The maximum absolute atomic E-state index is 12.3. The van der Waals surface area contributed by atoms with Crippen molar-refractivity contribution >= 4 is 5.91 Å². The highest BCUT2D eigenvalue weighted by atomic mass is 16.3. The van der Waals surface area contributed by atoms with Gasteiger partial charge in [0.1, 0.15) is 0 Å². The fraction of sp³-hybridized carbons (Fsp3) is 0.917. The van der Waals surface area contributed by atoms with Gasteiger partial charge in [-0.15, -0.1) is 0 Å². The first kappa shape index (κ1) is 39.1. The summed E-state index contributed by atoms with van der Waals surface area (Å²) in [5.74, 6) is -0.0359. The van der Waals surface area contributed by atoms with Crippen LogP contribution in [0.3, 0.4) is 0 Å². The molecule has 2 atom stereocenters. The van der Waals surface area contributed by atoms with Gasteiger partial charge in [0.25, 0.3) is 0 Å². The van der Waals surface area contributed by atoms with Crippen molar-refractivity contribution < 1.29 is 15.0 Å². The van der Waals surface area contributed by atoms with E-state index in [4.69, 9.17) is 0 Å². The third kappa shape index (κ3) is 28.7. The average molecular weight is 566 g/mol. The molecule has 0 saturated carbocycles.